The van der Waals surface area contributed by atoms with E-state index in [0.717, 1.165) is 12.1 Å². The zero-order chi connectivity index (χ0) is 14.6. The summed E-state index contributed by atoms with van der Waals surface area (Å²) >= 11 is 0. The number of rotatable bonds is 6. The molecule has 5 heteroatoms. The molecule has 0 aliphatic rings. The second-order valence-corrected chi connectivity index (χ2v) is 5.66. The highest BCUT2D eigenvalue weighted by Gasteiger charge is 2.21. The van der Waals surface area contributed by atoms with Crippen molar-refractivity contribution in [2.24, 2.45) is 0 Å². The normalized spacial score (nSPS) is 13.6. The Kier molecular flexibility index (Phi) is 5.03. The lowest BCUT2D eigenvalue weighted by molar-refractivity contribution is -0.384. The fourth-order valence-electron chi connectivity index (χ4n) is 1.56. The Labute approximate surface area is 114 Å². The second kappa shape index (κ2) is 6.12. The van der Waals surface area contributed by atoms with Gasteiger partial charge in [-0.1, -0.05) is 12.1 Å². The fraction of sp³-hybridized carbons (Fsp3) is 0.571. The van der Waals surface area contributed by atoms with Crippen LogP contribution in [0.2, 0.25) is 0 Å². The summed E-state index contributed by atoms with van der Waals surface area (Å²) in [5.41, 5.74) is 1.25. The Morgan fingerprint density at radius 1 is 1.32 bits per heavy atom. The topological polar surface area (TPSA) is 58.4 Å². The smallest absolute Gasteiger partial charge is 0.269 e. The first-order valence-electron chi connectivity index (χ1n) is 6.39. The number of nitro benzene ring substituents is 1. The molecule has 1 rings (SSSR count). The van der Waals surface area contributed by atoms with Crippen LogP contribution in [-0.2, 0) is 0 Å². The van der Waals surface area contributed by atoms with Crippen LogP contribution in [0.25, 0.3) is 0 Å². The van der Waals surface area contributed by atoms with Gasteiger partial charge in [0.1, 0.15) is 0 Å². The van der Waals surface area contributed by atoms with Gasteiger partial charge >= 0.3 is 0 Å². The van der Waals surface area contributed by atoms with Gasteiger partial charge in [0.15, 0.2) is 0 Å². The first-order chi connectivity index (χ1) is 8.74. The van der Waals surface area contributed by atoms with Crippen molar-refractivity contribution in [2.45, 2.75) is 32.4 Å². The third kappa shape index (κ3) is 4.29. The zero-order valence-electron chi connectivity index (χ0n) is 12.3. The number of hydrogen-bond donors (Lipinski definition) is 1. The number of nitro groups is 1. The minimum absolute atomic E-state index is 0.0645. The molecule has 1 unspecified atom stereocenters. The molecule has 0 radical (unpaired) electrons. The summed E-state index contributed by atoms with van der Waals surface area (Å²) in [6.45, 7) is 7.25. The van der Waals surface area contributed by atoms with E-state index in [1.807, 2.05) is 0 Å². The van der Waals surface area contributed by atoms with Crippen LogP contribution in [0.15, 0.2) is 24.3 Å². The third-order valence-electron chi connectivity index (χ3n) is 3.66. The first kappa shape index (κ1) is 15.6. The molecule has 0 aliphatic heterocycles. The van der Waals surface area contributed by atoms with Crippen molar-refractivity contribution in [2.75, 3.05) is 20.6 Å². The van der Waals surface area contributed by atoms with Gasteiger partial charge in [-0.25, -0.2) is 0 Å². The number of non-ortho nitro benzene ring substituents is 1. The molecule has 0 heterocycles. The lowest BCUT2D eigenvalue weighted by Gasteiger charge is -2.34. The molecule has 0 fully saturated rings. The summed E-state index contributed by atoms with van der Waals surface area (Å²) in [6, 6.07) is 6.87. The lowest BCUT2D eigenvalue weighted by Crippen LogP contribution is -2.47. The molecular formula is C14H23N3O2. The van der Waals surface area contributed by atoms with Gasteiger partial charge in [0.05, 0.1) is 4.92 Å². The summed E-state index contributed by atoms with van der Waals surface area (Å²) in [4.78, 5) is 12.4. The predicted octanol–water partition coefficient (Wildman–Crippen LogP) is 2.59. The maximum atomic E-state index is 10.6. The third-order valence-corrected chi connectivity index (χ3v) is 3.66. The number of hydrogen-bond acceptors (Lipinski definition) is 4. The minimum atomic E-state index is -0.378. The van der Waals surface area contributed by atoms with Gasteiger partial charge < -0.3 is 10.2 Å². The Morgan fingerprint density at radius 2 is 1.84 bits per heavy atom. The zero-order valence-corrected chi connectivity index (χ0v) is 12.3. The molecule has 1 aromatic carbocycles. The van der Waals surface area contributed by atoms with Gasteiger partial charge in [-0.3, -0.25) is 10.1 Å². The summed E-state index contributed by atoms with van der Waals surface area (Å²) < 4.78 is 0. The summed E-state index contributed by atoms with van der Waals surface area (Å²) in [5.74, 6) is 0. The predicted molar refractivity (Wildman–Crippen MR) is 77.3 cm³/mol. The highest BCUT2D eigenvalue weighted by Crippen LogP contribution is 2.18. The van der Waals surface area contributed by atoms with Crippen LogP contribution in [0.5, 0.6) is 0 Å². The Balaban J connectivity index is 2.63. The van der Waals surface area contributed by atoms with Crippen LogP contribution >= 0.6 is 0 Å². The van der Waals surface area contributed by atoms with Crippen molar-refractivity contribution in [1.82, 2.24) is 10.2 Å². The number of benzene rings is 1. The Morgan fingerprint density at radius 3 is 2.26 bits per heavy atom. The highest BCUT2D eigenvalue weighted by molar-refractivity contribution is 5.34. The molecule has 19 heavy (non-hydrogen) atoms. The van der Waals surface area contributed by atoms with E-state index in [4.69, 9.17) is 0 Å². The highest BCUT2D eigenvalue weighted by atomic mass is 16.6. The first-order valence-corrected chi connectivity index (χ1v) is 6.39. The Hall–Kier alpha value is -1.46. The largest absolute Gasteiger partial charge is 0.308 e. The molecule has 0 amide bonds. The summed E-state index contributed by atoms with van der Waals surface area (Å²) in [6.07, 6.45) is 0. The molecule has 1 aromatic rings. The van der Waals surface area contributed by atoms with E-state index in [1.165, 1.54) is 0 Å². The summed E-state index contributed by atoms with van der Waals surface area (Å²) in [5, 5.41) is 14.1. The van der Waals surface area contributed by atoms with Crippen LogP contribution in [0, 0.1) is 10.1 Å². The van der Waals surface area contributed by atoms with E-state index in [1.54, 1.807) is 24.3 Å². The molecule has 0 bridgehead atoms. The molecule has 0 saturated carbocycles. The fourth-order valence-corrected chi connectivity index (χ4v) is 1.56. The molecule has 0 saturated heterocycles. The monoisotopic (exact) mass is 265 g/mol. The van der Waals surface area contributed by atoms with Gasteiger partial charge in [-0.05, 0) is 40.4 Å². The van der Waals surface area contributed by atoms with E-state index >= 15 is 0 Å². The molecule has 0 aromatic heterocycles. The standard InChI is InChI=1S/C14H23N3O2/c1-11(15-10-14(2,3)16(4)5)12-6-8-13(9-7-12)17(18)19/h6-9,11,15H,10H2,1-5H3. The van der Waals surface area contributed by atoms with Gasteiger partial charge in [0.2, 0.25) is 0 Å². The molecule has 1 N–H and O–H groups in total. The number of likely N-dealkylation sites (N-methyl/N-ethyl adjacent to an activating group) is 1. The van der Waals surface area contributed by atoms with Crippen LogP contribution in [0.4, 0.5) is 5.69 Å². The van der Waals surface area contributed by atoms with Gasteiger partial charge in [-0.15, -0.1) is 0 Å². The Bertz CT molecular complexity index is 427. The van der Waals surface area contributed by atoms with Crippen molar-refractivity contribution in [1.29, 1.82) is 0 Å². The maximum absolute atomic E-state index is 10.6. The molecule has 5 nitrogen and oxygen atoms in total. The van der Waals surface area contributed by atoms with Crippen LogP contribution in [0.1, 0.15) is 32.4 Å². The van der Waals surface area contributed by atoms with Gasteiger partial charge in [0, 0.05) is 30.3 Å². The molecular weight excluding hydrogens is 242 g/mol. The average molecular weight is 265 g/mol. The SMILES string of the molecule is CC(NCC(C)(C)N(C)C)c1ccc([N+](=O)[O-])cc1. The second-order valence-electron chi connectivity index (χ2n) is 5.66. The molecule has 1 atom stereocenters. The van der Waals surface area contributed by atoms with Crippen molar-refractivity contribution < 1.29 is 4.92 Å². The lowest BCUT2D eigenvalue weighted by atomic mass is 10.0. The van der Waals surface area contributed by atoms with Crippen molar-refractivity contribution in [3.05, 3.63) is 39.9 Å². The van der Waals surface area contributed by atoms with Gasteiger partial charge in [-0.2, -0.15) is 0 Å². The van der Waals surface area contributed by atoms with Gasteiger partial charge in [0.25, 0.3) is 5.69 Å². The van der Waals surface area contributed by atoms with E-state index in [-0.39, 0.29) is 22.2 Å². The molecule has 106 valence electrons. The van der Waals surface area contributed by atoms with E-state index in [9.17, 15) is 10.1 Å². The minimum Gasteiger partial charge on any atom is -0.308 e. The molecule has 0 aliphatic carbocycles. The maximum Gasteiger partial charge on any atom is 0.269 e. The van der Waals surface area contributed by atoms with Crippen LogP contribution < -0.4 is 5.32 Å². The quantitative estimate of drug-likeness (QED) is 0.634. The summed E-state index contributed by atoms with van der Waals surface area (Å²) in [7, 11) is 4.11. The van der Waals surface area contributed by atoms with Crippen molar-refractivity contribution >= 4 is 5.69 Å². The van der Waals surface area contributed by atoms with E-state index < -0.39 is 0 Å². The van der Waals surface area contributed by atoms with Crippen LogP contribution in [0.3, 0.4) is 0 Å². The average Bonchev–Trinajstić information content (AvgIpc) is 2.36. The van der Waals surface area contributed by atoms with Crippen molar-refractivity contribution in [3.63, 3.8) is 0 Å². The van der Waals surface area contributed by atoms with Crippen LogP contribution in [-0.4, -0.2) is 36.0 Å². The number of nitrogens with zero attached hydrogens (tertiary/aromatic N) is 2. The molecule has 0 spiro atoms. The van der Waals surface area contributed by atoms with E-state index in [0.29, 0.717) is 0 Å². The van der Waals surface area contributed by atoms with E-state index in [2.05, 4.69) is 45.1 Å². The number of nitrogens with one attached hydrogen (secondary N) is 1. The van der Waals surface area contributed by atoms with Crippen molar-refractivity contribution in [3.8, 4) is 0 Å².